The van der Waals surface area contributed by atoms with E-state index in [0.717, 1.165) is 37.4 Å². The van der Waals surface area contributed by atoms with Gasteiger partial charge in [0.05, 0.1) is 11.7 Å². The van der Waals surface area contributed by atoms with Crippen LogP contribution in [0.3, 0.4) is 0 Å². The van der Waals surface area contributed by atoms with E-state index in [0.29, 0.717) is 0 Å². The second-order valence-electron chi connectivity index (χ2n) is 5.44. The third-order valence-electron chi connectivity index (χ3n) is 3.95. The fourth-order valence-electron chi connectivity index (χ4n) is 2.86. The van der Waals surface area contributed by atoms with E-state index in [1.807, 2.05) is 0 Å². The van der Waals surface area contributed by atoms with Crippen molar-refractivity contribution in [3.8, 4) is 0 Å². The minimum Gasteiger partial charge on any atom is -0.306 e. The molecule has 1 unspecified atom stereocenters. The maximum absolute atomic E-state index is 12.1. The number of carbonyl (C=O) groups excluding carboxylic acids is 1. The zero-order valence-electron chi connectivity index (χ0n) is 11.2. The van der Waals surface area contributed by atoms with Crippen molar-refractivity contribution in [1.82, 2.24) is 10.3 Å². The fourth-order valence-corrected chi connectivity index (χ4v) is 3.91. The summed E-state index contributed by atoms with van der Waals surface area (Å²) in [6, 6.07) is -0.0218. The van der Waals surface area contributed by atoms with Crippen LogP contribution in [0.5, 0.6) is 0 Å². The van der Waals surface area contributed by atoms with Gasteiger partial charge < -0.3 is 10.6 Å². The minimum atomic E-state index is -0.0218. The van der Waals surface area contributed by atoms with Crippen molar-refractivity contribution in [1.29, 1.82) is 0 Å². The topological polar surface area (TPSA) is 54.0 Å². The molecule has 104 valence electrons. The van der Waals surface area contributed by atoms with Crippen LogP contribution >= 0.6 is 11.3 Å². The molecule has 1 aliphatic heterocycles. The summed E-state index contributed by atoms with van der Waals surface area (Å²) < 4.78 is 0. The van der Waals surface area contributed by atoms with Crippen LogP contribution in [0.2, 0.25) is 0 Å². The van der Waals surface area contributed by atoms with Crippen LogP contribution < -0.4 is 10.6 Å². The molecule has 0 bridgehead atoms. The molecule has 1 aromatic rings. The Kier molecular flexibility index (Phi) is 4.13. The average molecular weight is 279 g/mol. The summed E-state index contributed by atoms with van der Waals surface area (Å²) in [7, 11) is 0. The van der Waals surface area contributed by atoms with Crippen LogP contribution in [0, 0.1) is 0 Å². The second-order valence-corrected chi connectivity index (χ2v) is 6.52. The molecule has 5 heteroatoms. The number of nitrogens with one attached hydrogen (secondary N) is 2. The Morgan fingerprint density at radius 2 is 2.05 bits per heavy atom. The number of fused-ring (bicyclic) bond motifs is 1. The molecule has 0 radical (unpaired) electrons. The minimum absolute atomic E-state index is 0.0218. The Morgan fingerprint density at radius 1 is 1.21 bits per heavy atom. The molecular formula is C14H21N3OS. The number of hydrogen-bond donors (Lipinski definition) is 2. The number of aryl methyl sites for hydroxylation is 2. The molecule has 1 aliphatic carbocycles. The Hall–Kier alpha value is -0.940. The summed E-state index contributed by atoms with van der Waals surface area (Å²) >= 11 is 1.67. The van der Waals surface area contributed by atoms with Crippen molar-refractivity contribution >= 4 is 22.4 Å². The zero-order chi connectivity index (χ0) is 13.1. The van der Waals surface area contributed by atoms with Crippen molar-refractivity contribution < 1.29 is 4.79 Å². The van der Waals surface area contributed by atoms with E-state index in [9.17, 15) is 4.79 Å². The van der Waals surface area contributed by atoms with Gasteiger partial charge >= 0.3 is 0 Å². The molecule has 2 heterocycles. The van der Waals surface area contributed by atoms with Gasteiger partial charge in [-0.2, -0.15) is 0 Å². The Bertz CT molecular complexity index is 426. The Balaban J connectivity index is 1.67. The molecule has 1 amide bonds. The number of amides is 1. The maximum Gasteiger partial charge on any atom is 0.243 e. The Labute approximate surface area is 118 Å². The van der Waals surface area contributed by atoms with Crippen LogP contribution in [-0.4, -0.2) is 23.5 Å². The lowest BCUT2D eigenvalue weighted by molar-refractivity contribution is -0.117. The highest BCUT2D eigenvalue weighted by Gasteiger charge is 2.23. The molecule has 3 rings (SSSR count). The molecular weight excluding hydrogens is 258 g/mol. The van der Waals surface area contributed by atoms with Crippen molar-refractivity contribution in [3.05, 3.63) is 10.6 Å². The van der Waals surface area contributed by atoms with E-state index in [2.05, 4.69) is 15.6 Å². The molecule has 1 saturated heterocycles. The van der Waals surface area contributed by atoms with E-state index >= 15 is 0 Å². The normalized spacial score (nSPS) is 23.5. The highest BCUT2D eigenvalue weighted by atomic mass is 32.1. The molecule has 1 aromatic heterocycles. The summed E-state index contributed by atoms with van der Waals surface area (Å²) in [4.78, 5) is 18.1. The van der Waals surface area contributed by atoms with E-state index in [1.165, 1.54) is 36.3 Å². The summed E-state index contributed by atoms with van der Waals surface area (Å²) in [6.07, 6.45) is 9.36. The summed E-state index contributed by atoms with van der Waals surface area (Å²) in [5, 5.41) is 7.01. The third-order valence-corrected chi connectivity index (χ3v) is 5.03. The lowest BCUT2D eigenvalue weighted by Gasteiger charge is -2.08. The lowest BCUT2D eigenvalue weighted by Crippen LogP contribution is -2.35. The number of anilines is 1. The smallest absolute Gasteiger partial charge is 0.243 e. The van der Waals surface area contributed by atoms with Gasteiger partial charge in [0.2, 0.25) is 5.91 Å². The van der Waals surface area contributed by atoms with E-state index < -0.39 is 0 Å². The quantitative estimate of drug-likeness (QED) is 0.874. The fraction of sp³-hybridized carbons (Fsp3) is 0.714. The van der Waals surface area contributed by atoms with Gasteiger partial charge in [0.25, 0.3) is 0 Å². The summed E-state index contributed by atoms with van der Waals surface area (Å²) in [5.74, 6) is 0.0826. The average Bonchev–Trinajstić information content (AvgIpc) is 3.00. The molecule has 0 spiro atoms. The SMILES string of the molecule is O=C(Nc1nc2c(s1)CCCCCC2)C1CCCN1. The molecule has 0 saturated carbocycles. The van der Waals surface area contributed by atoms with Crippen LogP contribution in [0.1, 0.15) is 49.1 Å². The van der Waals surface area contributed by atoms with Gasteiger partial charge in [-0.1, -0.05) is 12.8 Å². The first-order valence-electron chi connectivity index (χ1n) is 7.36. The van der Waals surface area contributed by atoms with Crippen LogP contribution in [0.4, 0.5) is 5.13 Å². The molecule has 19 heavy (non-hydrogen) atoms. The van der Waals surface area contributed by atoms with Crippen LogP contribution in [-0.2, 0) is 17.6 Å². The molecule has 2 aliphatic rings. The van der Waals surface area contributed by atoms with Crippen LogP contribution in [0.25, 0.3) is 0 Å². The number of nitrogens with zero attached hydrogens (tertiary/aromatic N) is 1. The van der Waals surface area contributed by atoms with Gasteiger partial charge in [-0.3, -0.25) is 4.79 Å². The standard InChI is InChI=1S/C14H21N3OS/c18-13(11-7-5-9-15-11)17-14-16-10-6-3-1-2-4-8-12(10)19-14/h11,15H,1-9H2,(H,16,17,18). The zero-order valence-corrected chi connectivity index (χ0v) is 12.0. The predicted octanol–water partition coefficient (Wildman–Crippen LogP) is 2.49. The summed E-state index contributed by atoms with van der Waals surface area (Å²) in [5.41, 5.74) is 1.22. The number of aromatic nitrogens is 1. The van der Waals surface area contributed by atoms with Gasteiger partial charge in [-0.15, -0.1) is 11.3 Å². The van der Waals surface area contributed by atoms with Crippen molar-refractivity contribution in [3.63, 3.8) is 0 Å². The third kappa shape index (κ3) is 3.15. The van der Waals surface area contributed by atoms with E-state index in [1.54, 1.807) is 11.3 Å². The monoisotopic (exact) mass is 279 g/mol. The summed E-state index contributed by atoms with van der Waals surface area (Å²) in [6.45, 7) is 0.951. The molecule has 2 N–H and O–H groups in total. The van der Waals surface area contributed by atoms with Crippen molar-refractivity contribution in [2.75, 3.05) is 11.9 Å². The number of thiazole rings is 1. The largest absolute Gasteiger partial charge is 0.306 e. The number of rotatable bonds is 2. The van der Waals surface area contributed by atoms with Crippen LogP contribution in [0.15, 0.2) is 0 Å². The first-order chi connectivity index (χ1) is 9.33. The van der Waals surface area contributed by atoms with Gasteiger partial charge in [-0.05, 0) is 45.1 Å². The van der Waals surface area contributed by atoms with Crippen molar-refractivity contribution in [2.24, 2.45) is 0 Å². The predicted molar refractivity (Wildman–Crippen MR) is 77.6 cm³/mol. The van der Waals surface area contributed by atoms with Gasteiger partial charge in [-0.25, -0.2) is 4.98 Å². The van der Waals surface area contributed by atoms with Crippen molar-refractivity contribution in [2.45, 2.75) is 57.4 Å². The molecule has 1 atom stereocenters. The first-order valence-corrected chi connectivity index (χ1v) is 8.17. The highest BCUT2D eigenvalue weighted by molar-refractivity contribution is 7.15. The molecule has 0 aromatic carbocycles. The van der Waals surface area contributed by atoms with E-state index in [4.69, 9.17) is 0 Å². The molecule has 4 nitrogen and oxygen atoms in total. The number of hydrogen-bond acceptors (Lipinski definition) is 4. The first kappa shape index (κ1) is 13.1. The van der Waals surface area contributed by atoms with Gasteiger partial charge in [0, 0.05) is 4.88 Å². The van der Waals surface area contributed by atoms with Gasteiger partial charge in [0.1, 0.15) is 0 Å². The van der Waals surface area contributed by atoms with E-state index in [-0.39, 0.29) is 11.9 Å². The highest BCUT2D eigenvalue weighted by Crippen LogP contribution is 2.28. The molecule has 1 fully saturated rings. The maximum atomic E-state index is 12.1. The van der Waals surface area contributed by atoms with Gasteiger partial charge in [0.15, 0.2) is 5.13 Å². The lowest BCUT2D eigenvalue weighted by atomic mass is 10.0. The second kappa shape index (κ2) is 6.01. The number of carbonyl (C=O) groups is 1. The Morgan fingerprint density at radius 3 is 2.84 bits per heavy atom.